The van der Waals surface area contributed by atoms with Crippen LogP contribution in [0.4, 0.5) is 0 Å². The lowest BCUT2D eigenvalue weighted by Gasteiger charge is -2.11. The van der Waals surface area contributed by atoms with Crippen molar-refractivity contribution in [2.45, 2.75) is 19.7 Å². The Balaban J connectivity index is 2.62. The Kier molecular flexibility index (Phi) is 3.71. The molecule has 0 saturated carbocycles. The quantitative estimate of drug-likeness (QED) is 0.664. The Labute approximate surface area is 84.1 Å². The SMILES string of the molecule is CC(OC=O)n1ccc(CN(C)C)c1. The second-order valence-electron chi connectivity index (χ2n) is 3.54. The summed E-state index contributed by atoms with van der Waals surface area (Å²) in [5.41, 5.74) is 1.20. The number of hydrogen-bond acceptors (Lipinski definition) is 3. The van der Waals surface area contributed by atoms with Crippen molar-refractivity contribution in [1.82, 2.24) is 9.47 Å². The molecule has 1 heterocycles. The van der Waals surface area contributed by atoms with Crippen LogP contribution in [0.3, 0.4) is 0 Å². The smallest absolute Gasteiger partial charge is 0.295 e. The normalized spacial score (nSPS) is 12.9. The summed E-state index contributed by atoms with van der Waals surface area (Å²) in [5, 5.41) is 0. The Morgan fingerprint density at radius 1 is 1.64 bits per heavy atom. The number of hydrogen-bond donors (Lipinski definition) is 0. The maximum Gasteiger partial charge on any atom is 0.295 e. The molecule has 1 atom stereocenters. The minimum atomic E-state index is -0.233. The summed E-state index contributed by atoms with van der Waals surface area (Å²) in [5.74, 6) is 0. The molecular weight excluding hydrogens is 180 g/mol. The molecule has 0 aliphatic carbocycles. The van der Waals surface area contributed by atoms with E-state index in [0.717, 1.165) is 6.54 Å². The fourth-order valence-electron chi connectivity index (χ4n) is 1.29. The number of carbonyl (C=O) groups excluding carboxylic acids is 1. The van der Waals surface area contributed by atoms with Gasteiger partial charge in [-0.2, -0.15) is 0 Å². The molecule has 0 amide bonds. The number of nitrogens with zero attached hydrogens (tertiary/aromatic N) is 2. The van der Waals surface area contributed by atoms with Gasteiger partial charge in [-0.25, -0.2) is 0 Å². The molecule has 1 rings (SSSR count). The largest absolute Gasteiger partial charge is 0.444 e. The third-order valence-corrected chi connectivity index (χ3v) is 1.95. The summed E-state index contributed by atoms with van der Waals surface area (Å²) in [6, 6.07) is 2.02. The number of carbonyl (C=O) groups is 1. The molecule has 0 bridgehead atoms. The van der Waals surface area contributed by atoms with Crippen LogP contribution in [0.5, 0.6) is 0 Å². The van der Waals surface area contributed by atoms with E-state index in [-0.39, 0.29) is 6.23 Å². The average Bonchev–Trinajstić information content (AvgIpc) is 2.52. The van der Waals surface area contributed by atoms with Crippen molar-refractivity contribution in [2.75, 3.05) is 14.1 Å². The summed E-state index contributed by atoms with van der Waals surface area (Å²) >= 11 is 0. The molecule has 1 aromatic rings. The zero-order valence-electron chi connectivity index (χ0n) is 8.80. The summed E-state index contributed by atoms with van der Waals surface area (Å²) in [6.45, 7) is 3.19. The van der Waals surface area contributed by atoms with Gasteiger partial charge < -0.3 is 14.2 Å². The van der Waals surface area contributed by atoms with Gasteiger partial charge in [-0.15, -0.1) is 0 Å². The minimum absolute atomic E-state index is 0.233. The monoisotopic (exact) mass is 196 g/mol. The molecule has 78 valence electrons. The van der Waals surface area contributed by atoms with Crippen LogP contribution in [-0.4, -0.2) is 30.0 Å². The fraction of sp³-hybridized carbons (Fsp3) is 0.500. The van der Waals surface area contributed by atoms with Crippen LogP contribution < -0.4 is 0 Å². The van der Waals surface area contributed by atoms with E-state index in [0.29, 0.717) is 6.47 Å². The number of aromatic nitrogens is 1. The zero-order chi connectivity index (χ0) is 10.6. The molecule has 0 radical (unpaired) electrons. The average molecular weight is 196 g/mol. The van der Waals surface area contributed by atoms with Crippen LogP contribution in [0.1, 0.15) is 18.7 Å². The highest BCUT2D eigenvalue weighted by atomic mass is 16.5. The highest BCUT2D eigenvalue weighted by Crippen LogP contribution is 2.10. The predicted octanol–water partition coefficient (Wildman–Crippen LogP) is 1.24. The van der Waals surface area contributed by atoms with E-state index < -0.39 is 0 Å². The van der Waals surface area contributed by atoms with Crippen LogP contribution in [-0.2, 0) is 16.1 Å². The lowest BCUT2D eigenvalue weighted by molar-refractivity contribution is -0.136. The molecule has 0 saturated heterocycles. The van der Waals surface area contributed by atoms with E-state index in [4.69, 9.17) is 4.74 Å². The maximum atomic E-state index is 10.1. The summed E-state index contributed by atoms with van der Waals surface area (Å²) < 4.78 is 6.68. The molecule has 0 aliphatic rings. The van der Waals surface area contributed by atoms with Gasteiger partial charge in [-0.05, 0) is 32.6 Å². The van der Waals surface area contributed by atoms with Crippen molar-refractivity contribution >= 4 is 6.47 Å². The first-order valence-electron chi connectivity index (χ1n) is 4.53. The Bertz CT molecular complexity index is 294. The predicted molar refractivity (Wildman–Crippen MR) is 53.7 cm³/mol. The molecule has 0 aliphatic heterocycles. The van der Waals surface area contributed by atoms with Gasteiger partial charge in [0.2, 0.25) is 0 Å². The van der Waals surface area contributed by atoms with Gasteiger partial charge in [-0.1, -0.05) is 0 Å². The van der Waals surface area contributed by atoms with Crippen LogP contribution in [0, 0.1) is 0 Å². The lowest BCUT2D eigenvalue weighted by atomic mass is 10.3. The Hall–Kier alpha value is -1.29. The molecule has 1 aromatic heterocycles. The van der Waals surface area contributed by atoms with Gasteiger partial charge in [-0.3, -0.25) is 4.79 Å². The number of rotatable bonds is 5. The van der Waals surface area contributed by atoms with Gasteiger partial charge in [0.15, 0.2) is 6.23 Å². The van der Waals surface area contributed by atoms with E-state index in [9.17, 15) is 4.79 Å². The standard InChI is InChI=1S/C10H16N2O2/c1-9(14-8-13)12-5-4-10(7-12)6-11(2)3/h4-5,7-9H,6H2,1-3H3. The lowest BCUT2D eigenvalue weighted by Crippen LogP contribution is -2.10. The topological polar surface area (TPSA) is 34.5 Å². The van der Waals surface area contributed by atoms with Crippen molar-refractivity contribution in [2.24, 2.45) is 0 Å². The van der Waals surface area contributed by atoms with Gasteiger partial charge in [0.1, 0.15) is 0 Å². The van der Waals surface area contributed by atoms with E-state index in [1.54, 1.807) is 0 Å². The molecule has 0 fully saturated rings. The molecule has 0 N–H and O–H groups in total. The zero-order valence-corrected chi connectivity index (χ0v) is 8.80. The van der Waals surface area contributed by atoms with Crippen LogP contribution >= 0.6 is 0 Å². The third-order valence-electron chi connectivity index (χ3n) is 1.95. The Morgan fingerprint density at radius 3 is 2.93 bits per heavy atom. The molecule has 4 nitrogen and oxygen atoms in total. The van der Waals surface area contributed by atoms with Crippen LogP contribution in [0.2, 0.25) is 0 Å². The second-order valence-corrected chi connectivity index (χ2v) is 3.54. The maximum absolute atomic E-state index is 10.1. The molecule has 0 aromatic carbocycles. The van der Waals surface area contributed by atoms with Gasteiger partial charge >= 0.3 is 0 Å². The van der Waals surface area contributed by atoms with Gasteiger partial charge in [0.25, 0.3) is 6.47 Å². The first kappa shape index (κ1) is 10.8. The molecule has 0 spiro atoms. The summed E-state index contributed by atoms with van der Waals surface area (Å²) in [7, 11) is 4.03. The van der Waals surface area contributed by atoms with Crippen molar-refractivity contribution in [3.8, 4) is 0 Å². The van der Waals surface area contributed by atoms with E-state index in [1.165, 1.54) is 5.56 Å². The first-order valence-corrected chi connectivity index (χ1v) is 4.53. The molecule has 4 heteroatoms. The fourth-order valence-corrected chi connectivity index (χ4v) is 1.29. The second kappa shape index (κ2) is 4.81. The third kappa shape index (κ3) is 2.88. The highest BCUT2D eigenvalue weighted by molar-refractivity contribution is 5.37. The highest BCUT2D eigenvalue weighted by Gasteiger charge is 2.04. The van der Waals surface area contributed by atoms with Crippen LogP contribution in [0.25, 0.3) is 0 Å². The number of ether oxygens (including phenoxy) is 1. The van der Waals surface area contributed by atoms with E-state index in [2.05, 4.69) is 4.90 Å². The van der Waals surface area contributed by atoms with Crippen LogP contribution in [0.15, 0.2) is 18.5 Å². The van der Waals surface area contributed by atoms with E-state index >= 15 is 0 Å². The van der Waals surface area contributed by atoms with Gasteiger partial charge in [0, 0.05) is 18.9 Å². The Morgan fingerprint density at radius 2 is 2.36 bits per heavy atom. The first-order chi connectivity index (χ1) is 6.63. The molecule has 14 heavy (non-hydrogen) atoms. The van der Waals surface area contributed by atoms with Crippen molar-refractivity contribution in [3.63, 3.8) is 0 Å². The van der Waals surface area contributed by atoms with Crippen molar-refractivity contribution in [3.05, 3.63) is 24.0 Å². The summed E-state index contributed by atoms with van der Waals surface area (Å²) in [4.78, 5) is 12.2. The van der Waals surface area contributed by atoms with Crippen molar-refractivity contribution in [1.29, 1.82) is 0 Å². The molecular formula is C10H16N2O2. The molecule has 1 unspecified atom stereocenters. The summed E-state index contributed by atoms with van der Waals surface area (Å²) in [6.07, 6.45) is 3.66. The minimum Gasteiger partial charge on any atom is -0.444 e. The van der Waals surface area contributed by atoms with Crippen molar-refractivity contribution < 1.29 is 9.53 Å². The van der Waals surface area contributed by atoms with Gasteiger partial charge in [0.05, 0.1) is 0 Å². The van der Waals surface area contributed by atoms with E-state index in [1.807, 2.05) is 44.0 Å².